The SMILES string of the molecule is CCCC1(CCC)NC(=O)N(CC(=O)N2CC[NH+](Cc3ccncc3)CC2)C1=O. The number of nitrogens with one attached hydrogen (secondary N) is 2. The summed E-state index contributed by atoms with van der Waals surface area (Å²) in [5.41, 5.74) is 0.395. The van der Waals surface area contributed by atoms with Crippen LogP contribution < -0.4 is 10.2 Å². The van der Waals surface area contributed by atoms with Gasteiger partial charge in [0, 0.05) is 18.0 Å². The monoisotopic (exact) mass is 402 g/mol. The Kier molecular flexibility index (Phi) is 6.84. The molecule has 158 valence electrons. The zero-order valence-electron chi connectivity index (χ0n) is 17.4. The lowest BCUT2D eigenvalue weighted by molar-refractivity contribution is -0.917. The maximum absolute atomic E-state index is 13.0. The number of nitrogens with zero attached hydrogens (tertiary/aromatic N) is 3. The van der Waals surface area contributed by atoms with Crippen LogP contribution in [0.5, 0.6) is 0 Å². The Morgan fingerprint density at radius 1 is 1.14 bits per heavy atom. The van der Waals surface area contributed by atoms with Crippen molar-refractivity contribution >= 4 is 17.8 Å². The summed E-state index contributed by atoms with van der Waals surface area (Å²) in [6, 6.07) is 3.59. The van der Waals surface area contributed by atoms with Crippen molar-refractivity contribution in [1.29, 1.82) is 0 Å². The van der Waals surface area contributed by atoms with Gasteiger partial charge in [-0.05, 0) is 25.0 Å². The molecule has 0 atom stereocenters. The summed E-state index contributed by atoms with van der Waals surface area (Å²) in [6.45, 7) is 7.72. The van der Waals surface area contributed by atoms with Gasteiger partial charge in [-0.15, -0.1) is 0 Å². The second-order valence-electron chi connectivity index (χ2n) is 8.07. The highest BCUT2D eigenvalue weighted by molar-refractivity contribution is 6.09. The molecule has 2 aliphatic rings. The maximum Gasteiger partial charge on any atom is 0.325 e. The second-order valence-corrected chi connectivity index (χ2v) is 8.07. The number of hydrogen-bond acceptors (Lipinski definition) is 4. The molecule has 1 aromatic heterocycles. The van der Waals surface area contributed by atoms with E-state index in [1.165, 1.54) is 10.5 Å². The molecule has 2 N–H and O–H groups in total. The van der Waals surface area contributed by atoms with Crippen LogP contribution in [-0.2, 0) is 16.1 Å². The molecule has 29 heavy (non-hydrogen) atoms. The fourth-order valence-corrected chi connectivity index (χ4v) is 4.41. The standard InChI is InChI=1S/C21H31N5O3/c1-3-7-21(8-4-2)19(28)26(20(29)23-21)16-18(27)25-13-11-24(12-14-25)15-17-5-9-22-10-6-17/h5-6,9-10H,3-4,7-8,11-16H2,1-2H3,(H,23,29)/p+1. The lowest BCUT2D eigenvalue weighted by atomic mass is 9.88. The Balaban J connectivity index is 1.54. The van der Waals surface area contributed by atoms with Gasteiger partial charge in [0.1, 0.15) is 18.6 Å². The molecule has 0 spiro atoms. The molecule has 3 heterocycles. The lowest BCUT2D eigenvalue weighted by Crippen LogP contribution is -3.13. The molecular formula is C21H32N5O3+. The minimum atomic E-state index is -0.839. The van der Waals surface area contributed by atoms with Gasteiger partial charge < -0.3 is 15.1 Å². The van der Waals surface area contributed by atoms with E-state index >= 15 is 0 Å². The molecule has 8 nitrogen and oxygen atoms in total. The summed E-state index contributed by atoms with van der Waals surface area (Å²) >= 11 is 0. The Labute approximate surface area is 172 Å². The Morgan fingerprint density at radius 2 is 1.76 bits per heavy atom. The van der Waals surface area contributed by atoms with Crippen LogP contribution in [0.25, 0.3) is 0 Å². The molecule has 0 aromatic carbocycles. The average molecular weight is 403 g/mol. The molecule has 0 saturated carbocycles. The average Bonchev–Trinajstić information content (AvgIpc) is 2.94. The van der Waals surface area contributed by atoms with Gasteiger partial charge >= 0.3 is 6.03 Å². The van der Waals surface area contributed by atoms with Crippen molar-refractivity contribution in [2.24, 2.45) is 0 Å². The molecule has 0 aliphatic carbocycles. The minimum absolute atomic E-state index is 0.153. The van der Waals surface area contributed by atoms with Crippen molar-refractivity contribution in [3.63, 3.8) is 0 Å². The number of imide groups is 1. The Bertz CT molecular complexity index is 725. The molecule has 4 amide bonds. The van der Waals surface area contributed by atoms with Crippen LogP contribution in [0.2, 0.25) is 0 Å². The minimum Gasteiger partial charge on any atom is -0.330 e. The highest BCUT2D eigenvalue weighted by Crippen LogP contribution is 2.28. The molecule has 2 aliphatic heterocycles. The number of aromatic nitrogens is 1. The molecule has 2 fully saturated rings. The van der Waals surface area contributed by atoms with E-state index in [-0.39, 0.29) is 18.4 Å². The third-order valence-corrected chi connectivity index (χ3v) is 5.92. The predicted octanol–water partition coefficient (Wildman–Crippen LogP) is 0.200. The van der Waals surface area contributed by atoms with Crippen LogP contribution in [0, 0.1) is 0 Å². The Morgan fingerprint density at radius 3 is 2.34 bits per heavy atom. The largest absolute Gasteiger partial charge is 0.330 e. The number of piperazine rings is 1. The fraction of sp³-hybridized carbons (Fsp3) is 0.619. The smallest absolute Gasteiger partial charge is 0.325 e. The first-order chi connectivity index (χ1) is 14.0. The molecule has 2 saturated heterocycles. The van der Waals surface area contributed by atoms with Crippen molar-refractivity contribution in [1.82, 2.24) is 20.1 Å². The van der Waals surface area contributed by atoms with E-state index in [2.05, 4.69) is 10.3 Å². The van der Waals surface area contributed by atoms with Gasteiger partial charge in [-0.25, -0.2) is 4.79 Å². The highest BCUT2D eigenvalue weighted by atomic mass is 16.2. The number of hydrogen-bond donors (Lipinski definition) is 2. The summed E-state index contributed by atoms with van der Waals surface area (Å²) < 4.78 is 0. The molecular weight excluding hydrogens is 370 g/mol. The van der Waals surface area contributed by atoms with Gasteiger partial charge in [-0.2, -0.15) is 0 Å². The van der Waals surface area contributed by atoms with Crippen LogP contribution in [0.15, 0.2) is 24.5 Å². The molecule has 8 heteroatoms. The number of urea groups is 1. The van der Waals surface area contributed by atoms with Crippen molar-refractivity contribution in [2.45, 2.75) is 51.6 Å². The predicted molar refractivity (Wildman–Crippen MR) is 108 cm³/mol. The van der Waals surface area contributed by atoms with Crippen molar-refractivity contribution < 1.29 is 19.3 Å². The molecule has 1 aromatic rings. The van der Waals surface area contributed by atoms with E-state index in [1.54, 1.807) is 17.3 Å². The summed E-state index contributed by atoms with van der Waals surface area (Å²) in [6.07, 6.45) is 6.40. The third kappa shape index (κ3) is 4.75. The van der Waals surface area contributed by atoms with E-state index in [4.69, 9.17) is 0 Å². The third-order valence-electron chi connectivity index (χ3n) is 5.92. The van der Waals surface area contributed by atoms with Crippen molar-refractivity contribution in [2.75, 3.05) is 32.7 Å². The van der Waals surface area contributed by atoms with Gasteiger partial charge in [0.05, 0.1) is 26.2 Å². The van der Waals surface area contributed by atoms with Crippen molar-refractivity contribution in [3.8, 4) is 0 Å². The van der Waals surface area contributed by atoms with Crippen LogP contribution in [0.1, 0.15) is 45.1 Å². The van der Waals surface area contributed by atoms with E-state index in [1.807, 2.05) is 26.0 Å². The van der Waals surface area contributed by atoms with Gasteiger partial charge in [-0.1, -0.05) is 26.7 Å². The van der Waals surface area contributed by atoms with E-state index in [9.17, 15) is 14.4 Å². The van der Waals surface area contributed by atoms with Crippen LogP contribution in [-0.4, -0.2) is 70.9 Å². The van der Waals surface area contributed by atoms with Crippen LogP contribution in [0.3, 0.4) is 0 Å². The summed E-state index contributed by atoms with van der Waals surface area (Å²) in [4.78, 5) is 46.5. The van der Waals surface area contributed by atoms with Gasteiger partial charge in [-0.3, -0.25) is 19.5 Å². The topological polar surface area (TPSA) is 87.1 Å². The first-order valence-electron chi connectivity index (χ1n) is 10.6. The van der Waals surface area contributed by atoms with Crippen molar-refractivity contribution in [3.05, 3.63) is 30.1 Å². The van der Waals surface area contributed by atoms with Gasteiger partial charge in [0.15, 0.2) is 0 Å². The summed E-state index contributed by atoms with van der Waals surface area (Å²) in [5.74, 6) is -0.401. The number of carbonyl (C=O) groups excluding carboxylic acids is 3. The highest BCUT2D eigenvalue weighted by Gasteiger charge is 2.50. The fourth-order valence-electron chi connectivity index (χ4n) is 4.41. The second kappa shape index (κ2) is 9.35. The van der Waals surface area contributed by atoms with E-state index in [0.29, 0.717) is 25.9 Å². The summed E-state index contributed by atoms with van der Waals surface area (Å²) in [7, 11) is 0. The number of carbonyl (C=O) groups is 3. The normalized spacial score (nSPS) is 19.5. The first-order valence-corrected chi connectivity index (χ1v) is 10.6. The molecule has 0 bridgehead atoms. The van der Waals surface area contributed by atoms with Gasteiger partial charge in [0.25, 0.3) is 5.91 Å². The maximum atomic E-state index is 13.0. The molecule has 0 unspecified atom stereocenters. The zero-order valence-corrected chi connectivity index (χ0v) is 17.4. The molecule has 3 rings (SSSR count). The van der Waals surface area contributed by atoms with Crippen LogP contribution in [0.4, 0.5) is 4.79 Å². The quantitative estimate of drug-likeness (QED) is 0.608. The molecule has 0 radical (unpaired) electrons. The number of quaternary nitrogens is 1. The van der Waals surface area contributed by atoms with E-state index < -0.39 is 11.6 Å². The number of rotatable bonds is 8. The van der Waals surface area contributed by atoms with Gasteiger partial charge in [0.2, 0.25) is 5.91 Å². The van der Waals surface area contributed by atoms with Crippen LogP contribution >= 0.6 is 0 Å². The number of pyridine rings is 1. The first kappa shape index (κ1) is 21.2. The summed E-state index contributed by atoms with van der Waals surface area (Å²) in [5, 5.41) is 2.87. The Hall–Kier alpha value is -2.48. The zero-order chi connectivity index (χ0) is 20.9. The van der Waals surface area contributed by atoms with E-state index in [0.717, 1.165) is 37.4 Å². The number of amides is 4. The lowest BCUT2D eigenvalue weighted by Gasteiger charge is -2.33.